The van der Waals surface area contributed by atoms with Crippen LogP contribution in [0.1, 0.15) is 27.2 Å². The minimum absolute atomic E-state index is 0.212. The van der Waals surface area contributed by atoms with Crippen LogP contribution in [0.4, 0.5) is 0 Å². The number of carboxylic acids is 1. The van der Waals surface area contributed by atoms with Crippen LogP contribution >= 0.6 is 0 Å². The van der Waals surface area contributed by atoms with Crippen LogP contribution < -0.4 is 0 Å². The number of aromatic nitrogens is 2. The summed E-state index contributed by atoms with van der Waals surface area (Å²) in [4.78, 5) is 11.0. The van der Waals surface area contributed by atoms with E-state index in [1.54, 1.807) is 0 Å². The fourth-order valence-electron chi connectivity index (χ4n) is 2.19. The zero-order valence-electron chi connectivity index (χ0n) is 8.74. The van der Waals surface area contributed by atoms with Gasteiger partial charge in [0.25, 0.3) is 0 Å². The number of rotatable bonds is 1. The largest absolute Gasteiger partial charge is 0.477 e. The SMILES string of the molecule is Cc1ccc2c(c1)-c1n[nH]c(C(=O)O)c1C2. The van der Waals surface area contributed by atoms with Gasteiger partial charge in [-0.05, 0) is 18.6 Å². The van der Waals surface area contributed by atoms with Gasteiger partial charge in [0.15, 0.2) is 0 Å². The molecule has 0 unspecified atom stereocenters. The third-order valence-electron chi connectivity index (χ3n) is 2.97. The number of carbonyl (C=O) groups is 1. The van der Waals surface area contributed by atoms with Gasteiger partial charge in [0.2, 0.25) is 0 Å². The Kier molecular flexibility index (Phi) is 1.68. The molecule has 0 aliphatic heterocycles. The first-order valence-corrected chi connectivity index (χ1v) is 5.07. The maximum Gasteiger partial charge on any atom is 0.354 e. The molecular formula is C12H10N2O2. The number of fused-ring (bicyclic) bond motifs is 3. The van der Waals surface area contributed by atoms with Crippen molar-refractivity contribution >= 4 is 5.97 Å². The fourth-order valence-corrected chi connectivity index (χ4v) is 2.19. The zero-order chi connectivity index (χ0) is 11.3. The molecule has 1 aliphatic carbocycles. The first-order valence-electron chi connectivity index (χ1n) is 5.07. The summed E-state index contributed by atoms with van der Waals surface area (Å²) in [5, 5.41) is 15.7. The minimum Gasteiger partial charge on any atom is -0.477 e. The molecule has 1 aromatic heterocycles. The van der Waals surface area contributed by atoms with Crippen molar-refractivity contribution in [2.24, 2.45) is 0 Å². The van der Waals surface area contributed by atoms with Crippen LogP contribution in [0.3, 0.4) is 0 Å². The maximum atomic E-state index is 11.0. The van der Waals surface area contributed by atoms with Gasteiger partial charge in [-0.1, -0.05) is 17.7 Å². The highest BCUT2D eigenvalue weighted by atomic mass is 16.4. The second-order valence-corrected chi connectivity index (χ2v) is 4.07. The molecule has 0 atom stereocenters. The molecule has 4 heteroatoms. The average Bonchev–Trinajstić information content (AvgIpc) is 2.76. The molecule has 1 aliphatic rings. The summed E-state index contributed by atoms with van der Waals surface area (Å²) in [5.74, 6) is -0.946. The van der Waals surface area contributed by atoms with Crippen LogP contribution in [0.25, 0.3) is 11.3 Å². The summed E-state index contributed by atoms with van der Waals surface area (Å²) < 4.78 is 0. The van der Waals surface area contributed by atoms with E-state index < -0.39 is 5.97 Å². The van der Waals surface area contributed by atoms with Crippen molar-refractivity contribution in [1.82, 2.24) is 10.2 Å². The van der Waals surface area contributed by atoms with Crippen molar-refractivity contribution in [2.45, 2.75) is 13.3 Å². The van der Waals surface area contributed by atoms with Gasteiger partial charge in [0, 0.05) is 17.5 Å². The van der Waals surface area contributed by atoms with E-state index in [0.29, 0.717) is 6.42 Å². The average molecular weight is 214 g/mol. The van der Waals surface area contributed by atoms with Crippen molar-refractivity contribution in [3.8, 4) is 11.3 Å². The molecule has 1 heterocycles. The number of aromatic carboxylic acids is 1. The molecule has 80 valence electrons. The molecule has 2 aromatic rings. The molecule has 0 spiro atoms. The summed E-state index contributed by atoms with van der Waals surface area (Å²) in [7, 11) is 0. The molecule has 0 amide bonds. The minimum atomic E-state index is -0.946. The second kappa shape index (κ2) is 2.95. The quantitative estimate of drug-likeness (QED) is 0.651. The van der Waals surface area contributed by atoms with Gasteiger partial charge in [-0.25, -0.2) is 4.79 Å². The van der Waals surface area contributed by atoms with Crippen molar-refractivity contribution in [3.63, 3.8) is 0 Å². The normalized spacial score (nSPS) is 12.3. The molecule has 16 heavy (non-hydrogen) atoms. The number of hydrogen-bond donors (Lipinski definition) is 2. The number of aryl methyl sites for hydroxylation is 1. The second-order valence-electron chi connectivity index (χ2n) is 4.07. The topological polar surface area (TPSA) is 66.0 Å². The Morgan fingerprint density at radius 3 is 3.06 bits per heavy atom. The van der Waals surface area contributed by atoms with Crippen LogP contribution in [-0.2, 0) is 6.42 Å². The lowest BCUT2D eigenvalue weighted by atomic mass is 10.1. The smallest absolute Gasteiger partial charge is 0.354 e. The molecule has 4 nitrogen and oxygen atoms in total. The van der Waals surface area contributed by atoms with Crippen molar-refractivity contribution in [1.29, 1.82) is 0 Å². The number of carboxylic acid groups (broad SMARTS) is 1. The van der Waals surface area contributed by atoms with Gasteiger partial charge >= 0.3 is 5.97 Å². The van der Waals surface area contributed by atoms with Crippen LogP contribution in [0.15, 0.2) is 18.2 Å². The lowest BCUT2D eigenvalue weighted by molar-refractivity contribution is 0.0689. The molecule has 0 saturated heterocycles. The Morgan fingerprint density at radius 1 is 1.50 bits per heavy atom. The molecule has 3 rings (SSSR count). The Balaban J connectivity index is 2.22. The Morgan fingerprint density at radius 2 is 2.31 bits per heavy atom. The fraction of sp³-hybridized carbons (Fsp3) is 0.167. The highest BCUT2D eigenvalue weighted by Crippen LogP contribution is 2.36. The number of aromatic amines is 1. The lowest BCUT2D eigenvalue weighted by Gasteiger charge is -1.99. The van der Waals surface area contributed by atoms with E-state index >= 15 is 0 Å². The summed E-state index contributed by atoms with van der Waals surface area (Å²) >= 11 is 0. The number of H-pyrrole nitrogens is 1. The molecule has 0 bridgehead atoms. The summed E-state index contributed by atoms with van der Waals surface area (Å²) in [6.45, 7) is 2.02. The lowest BCUT2D eigenvalue weighted by Crippen LogP contribution is -2.00. The van der Waals surface area contributed by atoms with Gasteiger partial charge in [-0.15, -0.1) is 0 Å². The molecule has 0 fully saturated rings. The molecular weight excluding hydrogens is 204 g/mol. The van der Waals surface area contributed by atoms with Gasteiger partial charge in [0.05, 0.1) is 5.69 Å². The molecule has 1 aromatic carbocycles. The highest BCUT2D eigenvalue weighted by molar-refractivity contribution is 5.91. The van der Waals surface area contributed by atoms with Crippen LogP contribution in [0.5, 0.6) is 0 Å². The Bertz CT molecular complexity index is 599. The predicted molar refractivity (Wildman–Crippen MR) is 58.5 cm³/mol. The third kappa shape index (κ3) is 1.10. The van der Waals surface area contributed by atoms with Gasteiger partial charge < -0.3 is 5.11 Å². The maximum absolute atomic E-state index is 11.0. The van der Waals surface area contributed by atoms with E-state index in [1.807, 2.05) is 25.1 Å². The van der Waals surface area contributed by atoms with E-state index in [-0.39, 0.29) is 5.69 Å². The van der Waals surface area contributed by atoms with E-state index in [9.17, 15) is 4.79 Å². The predicted octanol–water partition coefficient (Wildman–Crippen LogP) is 1.99. The summed E-state index contributed by atoms with van der Waals surface area (Å²) in [5.41, 5.74) is 5.16. The van der Waals surface area contributed by atoms with E-state index in [0.717, 1.165) is 27.9 Å². The van der Waals surface area contributed by atoms with Crippen molar-refractivity contribution in [3.05, 3.63) is 40.6 Å². The highest BCUT2D eigenvalue weighted by Gasteiger charge is 2.27. The first-order chi connectivity index (χ1) is 7.66. The van der Waals surface area contributed by atoms with Crippen molar-refractivity contribution < 1.29 is 9.90 Å². The third-order valence-corrected chi connectivity index (χ3v) is 2.97. The van der Waals surface area contributed by atoms with Gasteiger partial charge in [-0.2, -0.15) is 5.10 Å². The van der Waals surface area contributed by atoms with Gasteiger partial charge in [0.1, 0.15) is 5.69 Å². The van der Waals surface area contributed by atoms with Crippen LogP contribution in [0, 0.1) is 6.92 Å². The molecule has 2 N–H and O–H groups in total. The molecule has 0 radical (unpaired) electrons. The Labute approximate surface area is 91.9 Å². The van der Waals surface area contributed by atoms with E-state index in [1.165, 1.54) is 0 Å². The summed E-state index contributed by atoms with van der Waals surface area (Å²) in [6.07, 6.45) is 0.656. The standard InChI is InChI=1S/C12H10N2O2/c1-6-2-3-7-5-9-10(8(7)4-6)13-14-11(9)12(15)16/h2-4H,5H2,1H3,(H,13,14)(H,15,16). The van der Waals surface area contributed by atoms with Gasteiger partial charge in [-0.3, -0.25) is 5.10 Å². The Hall–Kier alpha value is -2.10. The van der Waals surface area contributed by atoms with Crippen LogP contribution in [-0.4, -0.2) is 21.3 Å². The van der Waals surface area contributed by atoms with E-state index in [2.05, 4.69) is 10.2 Å². The van der Waals surface area contributed by atoms with E-state index in [4.69, 9.17) is 5.11 Å². The molecule has 0 saturated carbocycles. The monoisotopic (exact) mass is 214 g/mol. The first kappa shape index (κ1) is 9.15. The zero-order valence-corrected chi connectivity index (χ0v) is 8.74. The summed E-state index contributed by atoms with van der Waals surface area (Å²) in [6, 6.07) is 6.13. The number of nitrogens with zero attached hydrogens (tertiary/aromatic N) is 1. The number of nitrogens with one attached hydrogen (secondary N) is 1. The van der Waals surface area contributed by atoms with Crippen molar-refractivity contribution in [2.75, 3.05) is 0 Å². The number of hydrogen-bond acceptors (Lipinski definition) is 2. The van der Waals surface area contributed by atoms with Crippen LogP contribution in [0.2, 0.25) is 0 Å². The number of benzene rings is 1.